The highest BCUT2D eigenvalue weighted by Gasteiger charge is 2.42. The van der Waals surface area contributed by atoms with Crippen molar-refractivity contribution < 1.29 is 9.59 Å². The SMILES string of the molecule is CN1C2CCC1CC(C(=O)c1cccc(C(=O)C3CC4CCC(C3)N4C)c1)C2. The molecule has 0 radical (unpaired) electrons. The topological polar surface area (TPSA) is 40.6 Å². The molecule has 0 saturated carbocycles. The average molecular weight is 381 g/mol. The van der Waals surface area contributed by atoms with Gasteiger partial charge in [-0.15, -0.1) is 0 Å². The number of carbonyl (C=O) groups is 2. The molecule has 1 aromatic rings. The number of rotatable bonds is 4. The fourth-order valence-corrected chi connectivity index (χ4v) is 6.55. The lowest BCUT2D eigenvalue weighted by atomic mass is 9.82. The highest BCUT2D eigenvalue weighted by Crippen LogP contribution is 2.40. The molecular formula is C24H32N2O2. The van der Waals surface area contributed by atoms with E-state index < -0.39 is 0 Å². The third-order valence-electron chi connectivity index (χ3n) is 8.37. The maximum absolute atomic E-state index is 13.2. The molecular weight excluding hydrogens is 348 g/mol. The molecule has 4 heterocycles. The Kier molecular flexibility index (Phi) is 4.67. The van der Waals surface area contributed by atoms with Crippen molar-refractivity contribution in [3.8, 4) is 0 Å². The van der Waals surface area contributed by atoms with Crippen LogP contribution in [-0.2, 0) is 0 Å². The van der Waals surface area contributed by atoms with Gasteiger partial charge in [0.05, 0.1) is 0 Å². The van der Waals surface area contributed by atoms with E-state index in [-0.39, 0.29) is 23.4 Å². The number of fused-ring (bicyclic) bond motifs is 4. The van der Waals surface area contributed by atoms with Crippen LogP contribution in [0.1, 0.15) is 72.1 Å². The molecule has 150 valence electrons. The van der Waals surface area contributed by atoms with Gasteiger partial charge in [-0.1, -0.05) is 18.2 Å². The molecule has 4 atom stereocenters. The third kappa shape index (κ3) is 3.05. The van der Waals surface area contributed by atoms with Crippen LogP contribution in [0, 0.1) is 11.8 Å². The summed E-state index contributed by atoms with van der Waals surface area (Å²) in [5, 5.41) is 0. The minimum atomic E-state index is 0.123. The van der Waals surface area contributed by atoms with Crippen molar-refractivity contribution in [1.82, 2.24) is 9.80 Å². The summed E-state index contributed by atoms with van der Waals surface area (Å²) >= 11 is 0. The molecule has 0 aliphatic carbocycles. The normalized spacial score (nSPS) is 37.9. The lowest BCUT2D eigenvalue weighted by molar-refractivity contribution is 0.0764. The summed E-state index contributed by atoms with van der Waals surface area (Å²) in [6.07, 6.45) is 8.79. The van der Waals surface area contributed by atoms with E-state index in [0.29, 0.717) is 24.2 Å². The van der Waals surface area contributed by atoms with Crippen LogP contribution in [0.15, 0.2) is 24.3 Å². The zero-order chi connectivity index (χ0) is 19.4. The number of hydrogen-bond acceptors (Lipinski definition) is 4. The fourth-order valence-electron chi connectivity index (χ4n) is 6.55. The zero-order valence-electron chi connectivity index (χ0n) is 17.1. The number of piperidine rings is 2. The molecule has 4 aliphatic rings. The van der Waals surface area contributed by atoms with Gasteiger partial charge in [-0.25, -0.2) is 0 Å². The quantitative estimate of drug-likeness (QED) is 0.745. The van der Waals surface area contributed by atoms with Gasteiger partial charge in [0.15, 0.2) is 11.6 Å². The maximum atomic E-state index is 13.2. The third-order valence-corrected chi connectivity index (χ3v) is 8.37. The number of ketones is 2. The van der Waals surface area contributed by atoms with Crippen molar-refractivity contribution in [2.24, 2.45) is 11.8 Å². The van der Waals surface area contributed by atoms with E-state index >= 15 is 0 Å². The van der Waals surface area contributed by atoms with Crippen molar-refractivity contribution >= 4 is 11.6 Å². The molecule has 0 aromatic heterocycles. The van der Waals surface area contributed by atoms with Crippen LogP contribution in [0.4, 0.5) is 0 Å². The Balaban J connectivity index is 1.31. The van der Waals surface area contributed by atoms with E-state index in [9.17, 15) is 9.59 Å². The summed E-state index contributed by atoms with van der Waals surface area (Å²) in [6, 6.07) is 9.88. The van der Waals surface area contributed by atoms with Gasteiger partial charge in [0, 0.05) is 47.1 Å². The molecule has 28 heavy (non-hydrogen) atoms. The first-order valence-electron chi connectivity index (χ1n) is 11.1. The van der Waals surface area contributed by atoms with E-state index in [4.69, 9.17) is 0 Å². The summed E-state index contributed by atoms with van der Waals surface area (Å²) in [6.45, 7) is 0. The highest BCUT2D eigenvalue weighted by molar-refractivity contribution is 6.03. The molecule has 0 amide bonds. The lowest BCUT2D eigenvalue weighted by Gasteiger charge is -2.36. The van der Waals surface area contributed by atoms with Crippen LogP contribution >= 0.6 is 0 Å². The smallest absolute Gasteiger partial charge is 0.166 e. The molecule has 4 aliphatic heterocycles. The van der Waals surface area contributed by atoms with E-state index in [2.05, 4.69) is 23.9 Å². The van der Waals surface area contributed by atoms with E-state index in [1.807, 2.05) is 24.3 Å². The van der Waals surface area contributed by atoms with Gasteiger partial charge in [-0.05, 0) is 71.5 Å². The number of hydrogen-bond donors (Lipinski definition) is 0. The van der Waals surface area contributed by atoms with Gasteiger partial charge in [-0.3, -0.25) is 9.59 Å². The molecule has 4 nitrogen and oxygen atoms in total. The Morgan fingerprint density at radius 2 is 1.07 bits per heavy atom. The fraction of sp³-hybridized carbons (Fsp3) is 0.667. The van der Waals surface area contributed by atoms with Crippen LogP contribution in [-0.4, -0.2) is 59.6 Å². The largest absolute Gasteiger partial charge is 0.300 e. The van der Waals surface area contributed by atoms with Gasteiger partial charge in [0.2, 0.25) is 0 Å². The maximum Gasteiger partial charge on any atom is 0.166 e. The predicted molar refractivity (Wildman–Crippen MR) is 110 cm³/mol. The second-order valence-electron chi connectivity index (χ2n) is 9.75. The molecule has 4 heteroatoms. The number of carbonyl (C=O) groups excluding carboxylic acids is 2. The molecule has 4 saturated heterocycles. The molecule has 4 bridgehead atoms. The van der Waals surface area contributed by atoms with Crippen molar-refractivity contribution in [2.75, 3.05) is 14.1 Å². The molecule has 1 aromatic carbocycles. The minimum absolute atomic E-state index is 0.123. The van der Waals surface area contributed by atoms with Gasteiger partial charge >= 0.3 is 0 Å². The Hall–Kier alpha value is -1.52. The van der Waals surface area contributed by atoms with Crippen LogP contribution < -0.4 is 0 Å². The standard InChI is InChI=1S/C24H32N2O2/c1-25-19-6-7-20(25)12-17(11-19)23(27)15-4-3-5-16(10-15)24(28)18-13-21-8-9-22(14-18)26(21)2/h3-5,10,17-22H,6-9,11-14H2,1-2H3. The number of benzene rings is 1. The monoisotopic (exact) mass is 380 g/mol. The first kappa shape index (κ1) is 18.5. The van der Waals surface area contributed by atoms with Crippen LogP contribution in [0.25, 0.3) is 0 Å². The van der Waals surface area contributed by atoms with Gasteiger partial charge in [-0.2, -0.15) is 0 Å². The number of Topliss-reactive ketones (excluding diaryl/α,β-unsaturated/α-hetero) is 2. The predicted octanol–water partition coefficient (Wildman–Crippen LogP) is 3.80. The summed E-state index contributed by atoms with van der Waals surface area (Å²) in [4.78, 5) is 31.3. The Bertz CT molecular complexity index is 701. The highest BCUT2D eigenvalue weighted by atomic mass is 16.1. The summed E-state index contributed by atoms with van der Waals surface area (Å²) in [7, 11) is 4.41. The Morgan fingerprint density at radius 3 is 1.43 bits per heavy atom. The Morgan fingerprint density at radius 1 is 0.714 bits per heavy atom. The molecule has 4 fully saturated rings. The minimum Gasteiger partial charge on any atom is -0.300 e. The molecule has 0 spiro atoms. The second-order valence-corrected chi connectivity index (χ2v) is 9.75. The van der Waals surface area contributed by atoms with E-state index in [1.54, 1.807) is 0 Å². The van der Waals surface area contributed by atoms with Gasteiger partial charge < -0.3 is 9.80 Å². The van der Waals surface area contributed by atoms with Crippen molar-refractivity contribution in [2.45, 2.75) is 75.5 Å². The van der Waals surface area contributed by atoms with E-state index in [0.717, 1.165) is 36.8 Å². The summed E-state index contributed by atoms with van der Waals surface area (Å²) < 4.78 is 0. The average Bonchev–Trinajstić information content (AvgIpc) is 3.05. The van der Waals surface area contributed by atoms with Crippen LogP contribution in [0.2, 0.25) is 0 Å². The molecule has 0 N–H and O–H groups in total. The summed E-state index contributed by atoms with van der Waals surface area (Å²) in [5.41, 5.74) is 1.49. The lowest BCUT2D eigenvalue weighted by Crippen LogP contribution is -2.42. The Labute approximate surface area is 168 Å². The first-order valence-corrected chi connectivity index (χ1v) is 11.1. The van der Waals surface area contributed by atoms with Crippen LogP contribution in [0.5, 0.6) is 0 Å². The number of nitrogens with zero attached hydrogens (tertiary/aromatic N) is 2. The molecule has 5 rings (SSSR count). The van der Waals surface area contributed by atoms with Crippen molar-refractivity contribution in [3.63, 3.8) is 0 Å². The first-order chi connectivity index (χ1) is 13.5. The summed E-state index contributed by atoms with van der Waals surface area (Å²) in [5.74, 6) is 0.752. The van der Waals surface area contributed by atoms with Gasteiger partial charge in [0.1, 0.15) is 0 Å². The van der Waals surface area contributed by atoms with Crippen molar-refractivity contribution in [1.29, 1.82) is 0 Å². The van der Waals surface area contributed by atoms with Crippen LogP contribution in [0.3, 0.4) is 0 Å². The molecule has 4 unspecified atom stereocenters. The van der Waals surface area contributed by atoms with Gasteiger partial charge in [0.25, 0.3) is 0 Å². The zero-order valence-corrected chi connectivity index (χ0v) is 17.1. The second kappa shape index (κ2) is 7.07. The van der Waals surface area contributed by atoms with E-state index in [1.165, 1.54) is 25.7 Å². The van der Waals surface area contributed by atoms with Crippen molar-refractivity contribution in [3.05, 3.63) is 35.4 Å².